The van der Waals surface area contributed by atoms with E-state index in [9.17, 15) is 9.59 Å². The Kier molecular flexibility index (Phi) is 59.8. The van der Waals surface area contributed by atoms with Gasteiger partial charge in [-0.15, -0.1) is 0 Å². The van der Waals surface area contributed by atoms with E-state index in [1.807, 2.05) is 0 Å². The normalized spacial score (nSPS) is 12.8. The van der Waals surface area contributed by atoms with Crippen LogP contribution in [0.2, 0.25) is 0 Å². The van der Waals surface area contributed by atoms with E-state index in [0.717, 1.165) is 89.9 Å². The van der Waals surface area contributed by atoms with Crippen molar-refractivity contribution in [2.24, 2.45) is 0 Å². The monoisotopic (exact) mass is 1000 g/mol. The van der Waals surface area contributed by atoms with Crippen LogP contribution in [0.3, 0.4) is 0 Å². The van der Waals surface area contributed by atoms with Crippen LogP contribution in [0.5, 0.6) is 0 Å². The molecule has 0 aliphatic rings. The van der Waals surface area contributed by atoms with E-state index in [1.165, 1.54) is 180 Å². The zero-order valence-corrected chi connectivity index (χ0v) is 47.9. The number of hydrogen-bond acceptors (Lipinski definition) is 5. The highest BCUT2D eigenvalue weighted by molar-refractivity contribution is 5.70. The summed E-state index contributed by atoms with van der Waals surface area (Å²) in [7, 11) is 0. The fourth-order valence-corrected chi connectivity index (χ4v) is 8.80. The van der Waals surface area contributed by atoms with Gasteiger partial charge < -0.3 is 14.2 Å². The van der Waals surface area contributed by atoms with Crippen molar-refractivity contribution in [1.82, 2.24) is 0 Å². The summed E-state index contributed by atoms with van der Waals surface area (Å²) in [5.74, 6) is -0.409. The van der Waals surface area contributed by atoms with Crippen molar-refractivity contribution in [3.63, 3.8) is 0 Å². The van der Waals surface area contributed by atoms with E-state index in [2.05, 4.69) is 106 Å². The molecule has 5 nitrogen and oxygen atoms in total. The van der Waals surface area contributed by atoms with Gasteiger partial charge >= 0.3 is 11.9 Å². The predicted octanol–water partition coefficient (Wildman–Crippen LogP) is 21.6. The Balaban J connectivity index is 4.33. The van der Waals surface area contributed by atoms with E-state index in [0.29, 0.717) is 19.4 Å². The minimum atomic E-state index is -0.558. The molecule has 1 unspecified atom stereocenters. The fraction of sp³-hybridized carbons (Fsp3) is 0.761. The number of esters is 2. The van der Waals surface area contributed by atoms with Gasteiger partial charge in [-0.05, 0) is 96.3 Å². The number of carbonyl (C=O) groups excluding carboxylic acids is 2. The maximum atomic E-state index is 12.9. The van der Waals surface area contributed by atoms with Crippen LogP contribution >= 0.6 is 0 Å². The maximum Gasteiger partial charge on any atom is 0.306 e. The lowest BCUT2D eigenvalue weighted by Gasteiger charge is -2.18. The molecule has 0 aliphatic carbocycles. The first kappa shape index (κ1) is 69.1. The lowest BCUT2D eigenvalue weighted by atomic mass is 10.0. The molecule has 0 saturated carbocycles. The molecule has 0 aromatic rings. The van der Waals surface area contributed by atoms with E-state index in [1.54, 1.807) is 0 Å². The SMILES string of the molecule is CC/C=C\C/C=C\C/C=C\C/C=C\C/C=C\CCCCCCOCC(COC(=O)CCCCCCCCCCCCCCCCCCCCC)OC(=O)CCCCCCCCC/C=C\C/C=C\CCCCC. The summed E-state index contributed by atoms with van der Waals surface area (Å²) in [4.78, 5) is 25.6. The largest absolute Gasteiger partial charge is 0.462 e. The van der Waals surface area contributed by atoms with Gasteiger partial charge in [0.2, 0.25) is 0 Å². The molecule has 0 saturated heterocycles. The van der Waals surface area contributed by atoms with Gasteiger partial charge in [-0.1, -0.05) is 279 Å². The molecule has 1 atom stereocenters. The van der Waals surface area contributed by atoms with Crippen LogP contribution < -0.4 is 0 Å². The van der Waals surface area contributed by atoms with Crippen molar-refractivity contribution >= 4 is 11.9 Å². The van der Waals surface area contributed by atoms with E-state index in [-0.39, 0.29) is 25.2 Å². The molecule has 0 aromatic heterocycles. The maximum absolute atomic E-state index is 12.9. The molecule has 416 valence electrons. The quantitative estimate of drug-likeness (QED) is 0.0345. The highest BCUT2D eigenvalue weighted by Crippen LogP contribution is 2.16. The van der Waals surface area contributed by atoms with Crippen LogP contribution in [0.15, 0.2) is 85.1 Å². The average Bonchev–Trinajstić information content (AvgIpc) is 3.38. The number of allylic oxidation sites excluding steroid dienone is 14. The molecule has 0 heterocycles. The van der Waals surface area contributed by atoms with Crippen molar-refractivity contribution in [2.45, 2.75) is 309 Å². The van der Waals surface area contributed by atoms with Crippen molar-refractivity contribution in [3.05, 3.63) is 85.1 Å². The van der Waals surface area contributed by atoms with Crippen molar-refractivity contribution in [3.8, 4) is 0 Å². The van der Waals surface area contributed by atoms with Gasteiger partial charge in [-0.2, -0.15) is 0 Å². The molecule has 0 spiro atoms. The Labute approximate surface area is 448 Å². The minimum absolute atomic E-state index is 0.0713. The van der Waals surface area contributed by atoms with Gasteiger partial charge in [-0.3, -0.25) is 9.59 Å². The molecule has 0 aliphatic heterocycles. The lowest BCUT2D eigenvalue weighted by Crippen LogP contribution is -2.30. The Morgan fingerprint density at radius 2 is 0.625 bits per heavy atom. The summed E-state index contributed by atoms with van der Waals surface area (Å²) in [5, 5.41) is 0. The first-order valence-electron chi connectivity index (χ1n) is 31.1. The predicted molar refractivity (Wildman–Crippen MR) is 316 cm³/mol. The van der Waals surface area contributed by atoms with Crippen LogP contribution in [0.25, 0.3) is 0 Å². The van der Waals surface area contributed by atoms with Crippen LogP contribution in [-0.4, -0.2) is 37.9 Å². The molecular formula is C67H118O5. The summed E-state index contributed by atoms with van der Waals surface area (Å²) in [5.41, 5.74) is 0. The Morgan fingerprint density at radius 3 is 1.03 bits per heavy atom. The molecule has 0 radical (unpaired) electrons. The third-order valence-corrected chi connectivity index (χ3v) is 13.4. The molecule has 5 heteroatoms. The number of unbranched alkanes of at least 4 members (excludes halogenated alkanes) is 32. The highest BCUT2D eigenvalue weighted by atomic mass is 16.6. The zero-order valence-electron chi connectivity index (χ0n) is 47.9. The molecule has 0 rings (SSSR count). The molecule has 0 amide bonds. The summed E-state index contributed by atoms with van der Waals surface area (Å²) < 4.78 is 17.5. The van der Waals surface area contributed by atoms with Gasteiger partial charge in [0.25, 0.3) is 0 Å². The van der Waals surface area contributed by atoms with Crippen LogP contribution in [-0.2, 0) is 23.8 Å². The topological polar surface area (TPSA) is 61.8 Å². The molecule has 0 fully saturated rings. The Morgan fingerprint density at radius 1 is 0.319 bits per heavy atom. The Hall–Kier alpha value is -2.92. The first-order chi connectivity index (χ1) is 35.6. The van der Waals surface area contributed by atoms with Crippen molar-refractivity contribution in [2.75, 3.05) is 19.8 Å². The molecule has 0 N–H and O–H groups in total. The second kappa shape index (κ2) is 62.4. The fourth-order valence-electron chi connectivity index (χ4n) is 8.80. The highest BCUT2D eigenvalue weighted by Gasteiger charge is 2.17. The van der Waals surface area contributed by atoms with E-state index in [4.69, 9.17) is 14.2 Å². The molecule has 0 aromatic carbocycles. The van der Waals surface area contributed by atoms with E-state index < -0.39 is 6.10 Å². The number of rotatable bonds is 57. The third kappa shape index (κ3) is 59.6. The van der Waals surface area contributed by atoms with Gasteiger partial charge in [0.15, 0.2) is 6.10 Å². The second-order valence-corrected chi connectivity index (χ2v) is 20.6. The van der Waals surface area contributed by atoms with Crippen LogP contribution in [0.1, 0.15) is 303 Å². The third-order valence-electron chi connectivity index (χ3n) is 13.4. The molecule has 0 bridgehead atoms. The average molecular weight is 1000 g/mol. The van der Waals surface area contributed by atoms with Crippen molar-refractivity contribution in [1.29, 1.82) is 0 Å². The van der Waals surface area contributed by atoms with Crippen molar-refractivity contribution < 1.29 is 23.8 Å². The lowest BCUT2D eigenvalue weighted by molar-refractivity contribution is -0.163. The summed E-state index contributed by atoms with van der Waals surface area (Å²) in [6.07, 6.45) is 83.3. The zero-order chi connectivity index (χ0) is 52.0. The molecular weight excluding hydrogens is 885 g/mol. The van der Waals surface area contributed by atoms with Crippen LogP contribution in [0, 0.1) is 0 Å². The van der Waals surface area contributed by atoms with E-state index >= 15 is 0 Å². The van der Waals surface area contributed by atoms with Gasteiger partial charge in [0.1, 0.15) is 6.61 Å². The number of ether oxygens (including phenoxy) is 3. The molecule has 72 heavy (non-hydrogen) atoms. The number of carbonyl (C=O) groups is 2. The standard InChI is InChI=1S/C67H118O5/c1-4-7-10-13-16-19-22-25-28-31-33-35-38-41-44-47-50-53-56-59-62-70-63-65(72-67(69)61-58-55-52-49-46-43-40-36-30-27-24-21-18-15-12-9-6-3)64-71-66(68)60-57-54-51-48-45-42-39-37-34-32-29-26-23-20-17-14-11-8-5-2/h7,10,16,18-19,21,25,27-28,30,33,35,41,44,65H,4-6,8-9,11-15,17,20,22-24,26,29,31-32,34,36-40,42-43,45-64H2,1-3H3/b10-7-,19-16-,21-18-,28-25-,30-27-,35-33-,44-41-. The smallest absolute Gasteiger partial charge is 0.306 e. The Bertz CT molecular complexity index is 1320. The van der Waals surface area contributed by atoms with Crippen LogP contribution in [0.4, 0.5) is 0 Å². The minimum Gasteiger partial charge on any atom is -0.462 e. The summed E-state index contributed by atoms with van der Waals surface area (Å²) >= 11 is 0. The van der Waals surface area contributed by atoms with Gasteiger partial charge in [0, 0.05) is 19.4 Å². The van der Waals surface area contributed by atoms with Gasteiger partial charge in [-0.25, -0.2) is 0 Å². The van der Waals surface area contributed by atoms with Gasteiger partial charge in [0.05, 0.1) is 6.61 Å². The first-order valence-corrected chi connectivity index (χ1v) is 31.1. The number of hydrogen-bond donors (Lipinski definition) is 0. The summed E-state index contributed by atoms with van der Waals surface area (Å²) in [6.45, 7) is 7.67. The summed E-state index contributed by atoms with van der Waals surface area (Å²) in [6, 6.07) is 0. The second-order valence-electron chi connectivity index (χ2n) is 20.6.